The minimum absolute atomic E-state index is 0.00369. The average molecular weight is 1470 g/mol. The predicted molar refractivity (Wildman–Crippen MR) is 374 cm³/mol. The molecule has 0 bridgehead atoms. The lowest BCUT2D eigenvalue weighted by Gasteiger charge is -2.26. The smallest absolute Gasteiger partial charge is 0.164 e. The molecule has 3 aliphatic carbocycles. The van der Waals surface area contributed by atoms with Gasteiger partial charge in [-0.25, -0.2) is 44.9 Å². The van der Waals surface area contributed by atoms with Gasteiger partial charge in [0.25, 0.3) is 0 Å². The summed E-state index contributed by atoms with van der Waals surface area (Å²) in [6.45, 7) is 6.74. The van der Waals surface area contributed by atoms with Crippen molar-refractivity contribution in [1.29, 1.82) is 0 Å². The second-order valence-corrected chi connectivity index (χ2v) is 29.3. The fourth-order valence-corrected chi connectivity index (χ4v) is 17.4. The fraction of sp³-hybridized carbons (Fsp3) is 0.366. The van der Waals surface area contributed by atoms with E-state index in [0.29, 0.717) is 75.2 Å². The zero-order valence-corrected chi connectivity index (χ0v) is 57.1. The number of nitrogens with one attached hydrogen (secondary N) is 2. The van der Waals surface area contributed by atoms with Crippen LogP contribution in [-0.4, -0.2) is 168 Å². The summed E-state index contributed by atoms with van der Waals surface area (Å²) in [5.41, 5.74) is 18.9. The summed E-state index contributed by atoms with van der Waals surface area (Å²) in [4.78, 5) is 66.6. The molecule has 15 atom stereocenters. The van der Waals surface area contributed by atoms with E-state index in [9.17, 15) is 40.2 Å². The highest BCUT2D eigenvalue weighted by Crippen LogP contribution is 2.55. The van der Waals surface area contributed by atoms with Crippen LogP contribution in [0.5, 0.6) is 0 Å². The van der Waals surface area contributed by atoms with E-state index in [1.807, 2.05) is 137 Å². The van der Waals surface area contributed by atoms with Gasteiger partial charge in [0, 0.05) is 82.6 Å². The van der Waals surface area contributed by atoms with Crippen LogP contribution in [0.3, 0.4) is 0 Å². The first-order chi connectivity index (χ1) is 47.6. The number of benzene rings is 2. The van der Waals surface area contributed by atoms with E-state index in [1.54, 1.807) is 12.5 Å². The van der Waals surface area contributed by atoms with Crippen LogP contribution in [0.2, 0.25) is 0 Å². The normalized spacial score (nSPS) is 29.6. The number of nitrogens with zero attached hydrogens (tertiary/aromatic N) is 13. The fourth-order valence-electron chi connectivity index (χ4n) is 16.7. The molecule has 0 unspecified atom stereocenters. The minimum Gasteiger partial charge on any atom is -0.390 e. The summed E-state index contributed by atoms with van der Waals surface area (Å²) >= 11 is 6.78. The molecule has 28 heteroatoms. The molecule has 6 aliphatic rings. The van der Waals surface area contributed by atoms with Crippen LogP contribution < -0.4 is 22.1 Å². The lowest BCUT2D eigenvalue weighted by atomic mass is 9.79. The van der Waals surface area contributed by atoms with Crippen LogP contribution >= 0.6 is 31.9 Å². The number of aryl methyl sites for hydroxylation is 3. The number of aliphatic hydroxyl groups is 6. The van der Waals surface area contributed by atoms with E-state index in [1.165, 1.54) is 12.7 Å². The third kappa shape index (κ3) is 10.6. The number of nitrogens with two attached hydrogens (primary N) is 2. The number of Topliss-reactive ketones (excluding diaryl/α,β-unsaturated/α-hetero) is 2. The number of halogens is 2. The number of hydrogen-bond acceptors (Lipinski definition) is 22. The van der Waals surface area contributed by atoms with Crippen molar-refractivity contribution in [2.45, 2.75) is 126 Å². The summed E-state index contributed by atoms with van der Waals surface area (Å²) in [5, 5.41) is 77.5. The molecule has 26 nitrogen and oxygen atoms in total. The van der Waals surface area contributed by atoms with Gasteiger partial charge in [-0.3, -0.25) is 9.59 Å². The Morgan fingerprint density at radius 2 is 0.990 bits per heavy atom. The molecule has 6 fully saturated rings. The number of anilines is 2. The first-order valence-corrected chi connectivity index (χ1v) is 34.5. The van der Waals surface area contributed by atoms with Gasteiger partial charge < -0.3 is 75.6 Å². The number of ketones is 2. The lowest BCUT2D eigenvalue weighted by molar-refractivity contribution is -0.133. The largest absolute Gasteiger partial charge is 0.390 e. The van der Waals surface area contributed by atoms with Crippen LogP contribution in [0.25, 0.3) is 60.6 Å². The van der Waals surface area contributed by atoms with E-state index < -0.39 is 77.0 Å². The van der Waals surface area contributed by atoms with Crippen molar-refractivity contribution in [3.63, 3.8) is 0 Å². The molecule has 10 aromatic heterocycles. The molecule has 99 heavy (non-hydrogen) atoms. The van der Waals surface area contributed by atoms with Crippen molar-refractivity contribution in [3.05, 3.63) is 178 Å². The first-order valence-electron chi connectivity index (χ1n) is 32.9. The average Bonchev–Trinajstić information content (AvgIpc) is 1.57. The maximum Gasteiger partial charge on any atom is 0.164 e. The molecule has 3 saturated carbocycles. The van der Waals surface area contributed by atoms with Crippen molar-refractivity contribution >= 4 is 116 Å². The van der Waals surface area contributed by atoms with Gasteiger partial charge in [0.1, 0.15) is 71.5 Å². The van der Waals surface area contributed by atoms with E-state index in [0.717, 1.165) is 78.4 Å². The Morgan fingerprint density at radius 3 is 1.46 bits per heavy atom. The Labute approximate surface area is 581 Å². The number of nitrogen functional groups attached to an aromatic ring is 2. The van der Waals surface area contributed by atoms with Gasteiger partial charge in [0.05, 0.1) is 109 Å². The summed E-state index contributed by atoms with van der Waals surface area (Å²) < 4.78 is 15.3. The zero-order valence-electron chi connectivity index (χ0n) is 53.9. The van der Waals surface area contributed by atoms with Crippen molar-refractivity contribution in [3.8, 4) is 0 Å². The number of aliphatic hydroxyl groups excluding tert-OH is 6. The van der Waals surface area contributed by atoms with Gasteiger partial charge in [0.2, 0.25) is 0 Å². The standard InChI is InChI=1S/2C24H23BrN6O3.C23H25N5O3/c2*1-11-14-4-5-31(23(14)29-10-28-11)17-8-24(21(34)19(17)32)9-27-18(20(24)33)13-3-2-12-6-15(25)22(26)30-16(12)7-13;1-14-17-3-6-28(22(17)26-13-25-14)18-11-23(21(30)20(18)29)10-16(31-12-23)8-15-2-5-27-7-4-24-19(27)9-15/h2*2-7,10,17-19,21,27,32,34H,8-9H2,1H3,(H2,26,30);2-7,9,13,16,18,20-21,29-30H,8,10-12H2,1H3/t17-,18+,19+,21+,24+;17-,18-,19+,21+,24+;16-,18+,20-,21-,23-/m110/s1. The molecule has 0 radical (unpaired) electrons. The van der Waals surface area contributed by atoms with Crippen LogP contribution in [0.1, 0.15) is 89.7 Å². The number of fused-ring (bicyclic) bond motifs is 6. The maximum absolute atomic E-state index is 13.8. The highest BCUT2D eigenvalue weighted by atomic mass is 79.9. The molecule has 2 aromatic carbocycles. The van der Waals surface area contributed by atoms with Gasteiger partial charge in [0.15, 0.2) is 11.6 Å². The topological polar surface area (TPSA) is 376 Å². The summed E-state index contributed by atoms with van der Waals surface area (Å²) in [6.07, 6.45) is 12.3. The van der Waals surface area contributed by atoms with E-state index in [4.69, 9.17) is 16.2 Å². The Balaban J connectivity index is 0.000000116. The van der Waals surface area contributed by atoms with Crippen LogP contribution in [0, 0.1) is 37.0 Å². The summed E-state index contributed by atoms with van der Waals surface area (Å²) in [5.74, 6) is 0.491. The number of aromatic nitrogens is 13. The second-order valence-electron chi connectivity index (χ2n) is 27.6. The lowest BCUT2D eigenvalue weighted by Crippen LogP contribution is -2.42. The molecule has 3 saturated heterocycles. The Kier molecular flexibility index (Phi) is 16.2. The molecule has 12 N–H and O–H groups in total. The maximum atomic E-state index is 13.8. The predicted octanol–water partition coefficient (Wildman–Crippen LogP) is 6.47. The van der Waals surface area contributed by atoms with Crippen LogP contribution in [0.15, 0.2) is 144 Å². The van der Waals surface area contributed by atoms with Gasteiger partial charge in [-0.05, 0) is 156 Å². The molecular weight excluding hydrogens is 1390 g/mol. The van der Waals surface area contributed by atoms with Crippen molar-refractivity contribution < 1.29 is 45.0 Å². The number of hydrogen-bond donors (Lipinski definition) is 10. The molecule has 3 spiro atoms. The van der Waals surface area contributed by atoms with Crippen LogP contribution in [0.4, 0.5) is 11.6 Å². The number of pyridine rings is 3. The zero-order chi connectivity index (χ0) is 68.7. The second kappa shape index (κ2) is 24.6. The Bertz CT molecular complexity index is 5000. The number of ether oxygens (including phenoxy) is 1. The van der Waals surface area contributed by atoms with Crippen LogP contribution in [-0.2, 0) is 20.7 Å². The van der Waals surface area contributed by atoms with Crippen molar-refractivity contribution in [2.24, 2.45) is 16.2 Å². The highest BCUT2D eigenvalue weighted by molar-refractivity contribution is 9.11. The quantitative estimate of drug-likeness (QED) is 0.0817. The number of carbonyl (C=O) groups is 2. The van der Waals surface area contributed by atoms with E-state index in [-0.39, 0.29) is 36.8 Å². The van der Waals surface area contributed by atoms with Gasteiger partial charge in [-0.2, -0.15) is 0 Å². The van der Waals surface area contributed by atoms with Crippen molar-refractivity contribution in [2.75, 3.05) is 31.2 Å². The Hall–Kier alpha value is -8.65. The number of rotatable bonds is 7. The van der Waals surface area contributed by atoms with Gasteiger partial charge in [-0.1, -0.05) is 24.3 Å². The van der Waals surface area contributed by atoms with Gasteiger partial charge in [-0.15, -0.1) is 0 Å². The van der Waals surface area contributed by atoms with Gasteiger partial charge >= 0.3 is 0 Å². The minimum atomic E-state index is -1.20. The first kappa shape index (κ1) is 65.0. The molecule has 12 aromatic rings. The molecule has 508 valence electrons. The monoisotopic (exact) mass is 1460 g/mol. The molecule has 3 aliphatic heterocycles. The molecule has 0 amide bonds. The van der Waals surface area contributed by atoms with E-state index >= 15 is 0 Å². The summed E-state index contributed by atoms with van der Waals surface area (Å²) in [7, 11) is 0. The molecular formula is C71H71Br2N17O9. The van der Waals surface area contributed by atoms with E-state index in [2.05, 4.69) is 99.5 Å². The third-order valence-electron chi connectivity index (χ3n) is 22.1. The number of imidazole rings is 1. The highest BCUT2D eigenvalue weighted by Gasteiger charge is 2.64. The summed E-state index contributed by atoms with van der Waals surface area (Å²) in [6, 6.07) is 22.6. The number of carbonyl (C=O) groups excluding carboxylic acids is 2. The third-order valence-corrected chi connectivity index (χ3v) is 23.4. The molecule has 18 rings (SSSR count). The SMILES string of the molecule is Cc1ncnc2c1ccn2[C@@H]1C[C@@]2(CN[C@@H](c3ccc4cc(Br)c(N)nc4c3)C2=O)[C@@H](O)[C@H]1O.Cc1ncnc2c1ccn2[C@@H]1C[C@@]2(CN[C@H](c3ccc4cc(Br)c(N)nc4c3)C2=O)[C@@H](O)[C@H]1O.Cc1ncnc2c1ccn2[C@@H]1C[C@@]2(CO[C@@H](Cc3ccn4ccnc4c3)C2)[C@@H](O)[C@H]1O. The molecule has 13 heterocycles. The Morgan fingerprint density at radius 1 is 0.535 bits per heavy atom. The van der Waals surface area contributed by atoms with Crippen molar-refractivity contribution in [1.82, 2.24) is 73.6 Å².